The SMILES string of the molecule is [CH2-]c1ccncc1.[Y]. The van der Waals surface area contributed by atoms with Crippen molar-refractivity contribution in [3.8, 4) is 0 Å². The molecule has 0 saturated carbocycles. The topological polar surface area (TPSA) is 12.9 Å². The predicted molar refractivity (Wildman–Crippen MR) is 28.7 cm³/mol. The van der Waals surface area contributed by atoms with Crippen molar-refractivity contribution in [2.45, 2.75) is 0 Å². The third-order valence-electron chi connectivity index (χ3n) is 0.749. The molecule has 0 aliphatic carbocycles. The van der Waals surface area contributed by atoms with Crippen molar-refractivity contribution in [1.82, 2.24) is 4.98 Å². The molecule has 0 atom stereocenters. The van der Waals surface area contributed by atoms with Crippen LogP contribution < -0.4 is 0 Å². The largest absolute Gasteiger partial charge is 0.291 e. The van der Waals surface area contributed by atoms with Crippen molar-refractivity contribution < 1.29 is 32.7 Å². The second-order valence-electron chi connectivity index (χ2n) is 1.36. The van der Waals surface area contributed by atoms with Crippen molar-refractivity contribution >= 4 is 0 Å². The molecule has 1 aromatic heterocycles. The van der Waals surface area contributed by atoms with E-state index in [1.165, 1.54) is 0 Å². The van der Waals surface area contributed by atoms with Gasteiger partial charge in [-0.15, -0.1) is 12.1 Å². The summed E-state index contributed by atoms with van der Waals surface area (Å²) in [5, 5.41) is 0. The Labute approximate surface area is 74.4 Å². The first kappa shape index (κ1) is 8.12. The van der Waals surface area contributed by atoms with E-state index in [2.05, 4.69) is 11.9 Å². The molecule has 0 aliphatic heterocycles. The first-order chi connectivity index (χ1) is 3.39. The second kappa shape index (κ2) is 4.05. The molecule has 2 heteroatoms. The monoisotopic (exact) mass is 181 g/mol. The van der Waals surface area contributed by atoms with Gasteiger partial charge in [-0.2, -0.15) is 12.5 Å². The van der Waals surface area contributed by atoms with Crippen LogP contribution in [-0.4, -0.2) is 4.98 Å². The predicted octanol–water partition coefficient (Wildman–Crippen LogP) is 1.26. The van der Waals surface area contributed by atoms with Crippen molar-refractivity contribution in [3.05, 3.63) is 37.0 Å². The molecule has 0 saturated heterocycles. The van der Waals surface area contributed by atoms with Gasteiger partial charge in [-0.3, -0.25) is 4.98 Å². The number of pyridine rings is 1. The molecule has 1 rings (SSSR count). The average Bonchev–Trinajstić information content (AvgIpc) is 1.69. The minimum absolute atomic E-state index is 0. The summed E-state index contributed by atoms with van der Waals surface area (Å²) >= 11 is 0. The van der Waals surface area contributed by atoms with Gasteiger partial charge in [0.15, 0.2) is 0 Å². The van der Waals surface area contributed by atoms with E-state index in [0.29, 0.717) is 0 Å². The Kier molecular flexibility index (Phi) is 4.11. The van der Waals surface area contributed by atoms with Gasteiger partial charge in [-0.1, -0.05) is 0 Å². The van der Waals surface area contributed by atoms with E-state index in [0.717, 1.165) is 5.56 Å². The number of nitrogens with zero attached hydrogens (tertiary/aromatic N) is 1. The first-order valence-electron chi connectivity index (χ1n) is 2.11. The van der Waals surface area contributed by atoms with Crippen LogP contribution >= 0.6 is 0 Å². The number of hydrogen-bond acceptors (Lipinski definition) is 1. The molecular weight excluding hydrogens is 175 g/mol. The van der Waals surface area contributed by atoms with E-state index in [9.17, 15) is 0 Å². The molecule has 1 nitrogen and oxygen atoms in total. The maximum Gasteiger partial charge on any atom is 0 e. The summed E-state index contributed by atoms with van der Waals surface area (Å²) in [6.45, 7) is 3.68. The minimum atomic E-state index is 0. The summed E-state index contributed by atoms with van der Waals surface area (Å²) in [5.74, 6) is 0. The maximum atomic E-state index is 3.81. The molecule has 1 aromatic rings. The molecule has 0 amide bonds. The Balaban J connectivity index is 0.000000490. The number of aromatic nitrogens is 1. The van der Waals surface area contributed by atoms with Gasteiger partial charge in [0.1, 0.15) is 0 Å². The molecule has 0 spiro atoms. The van der Waals surface area contributed by atoms with E-state index in [4.69, 9.17) is 0 Å². The standard InChI is InChI=1S/C6H6N.Y/c1-6-2-4-7-5-3-6;/h2-5H,1H2;/q-1;. The Hall–Kier alpha value is 0.124. The molecule has 0 aromatic carbocycles. The van der Waals surface area contributed by atoms with Crippen LogP contribution in [0.1, 0.15) is 5.56 Å². The molecule has 0 unspecified atom stereocenters. The van der Waals surface area contributed by atoms with Crippen molar-refractivity contribution in [1.29, 1.82) is 0 Å². The summed E-state index contributed by atoms with van der Waals surface area (Å²) in [6, 6.07) is 3.72. The van der Waals surface area contributed by atoms with Gasteiger partial charge in [0.05, 0.1) is 0 Å². The van der Waals surface area contributed by atoms with Crippen LogP contribution in [0, 0.1) is 6.92 Å². The zero-order valence-corrected chi connectivity index (χ0v) is 7.38. The Morgan fingerprint density at radius 3 is 2.00 bits per heavy atom. The van der Waals surface area contributed by atoms with E-state index >= 15 is 0 Å². The van der Waals surface area contributed by atoms with E-state index in [-0.39, 0.29) is 32.7 Å². The number of rotatable bonds is 0. The summed E-state index contributed by atoms with van der Waals surface area (Å²) < 4.78 is 0. The molecule has 0 N–H and O–H groups in total. The normalized spacial score (nSPS) is 7.50. The molecular formula is C6H6NY-. The average molecular weight is 181 g/mol. The van der Waals surface area contributed by atoms with E-state index < -0.39 is 0 Å². The third-order valence-corrected chi connectivity index (χ3v) is 0.749. The van der Waals surface area contributed by atoms with E-state index in [1.807, 2.05) is 12.1 Å². The van der Waals surface area contributed by atoms with Crippen molar-refractivity contribution in [3.63, 3.8) is 0 Å². The summed E-state index contributed by atoms with van der Waals surface area (Å²) in [4.78, 5) is 3.81. The van der Waals surface area contributed by atoms with Gasteiger partial charge >= 0.3 is 0 Å². The number of hydrogen-bond donors (Lipinski definition) is 0. The molecule has 39 valence electrons. The van der Waals surface area contributed by atoms with Crippen LogP contribution in [0.2, 0.25) is 0 Å². The van der Waals surface area contributed by atoms with E-state index in [1.54, 1.807) is 12.4 Å². The van der Waals surface area contributed by atoms with Gasteiger partial charge in [-0.25, -0.2) is 0 Å². The molecule has 0 bridgehead atoms. The van der Waals surface area contributed by atoms with Crippen LogP contribution in [0.5, 0.6) is 0 Å². The van der Waals surface area contributed by atoms with Crippen LogP contribution in [0.25, 0.3) is 0 Å². The summed E-state index contributed by atoms with van der Waals surface area (Å²) in [7, 11) is 0. The molecule has 0 aliphatic rings. The Morgan fingerprint density at radius 2 is 1.75 bits per heavy atom. The summed E-state index contributed by atoms with van der Waals surface area (Å²) in [5.41, 5.74) is 1.01. The fraction of sp³-hybridized carbons (Fsp3) is 0. The van der Waals surface area contributed by atoms with Gasteiger partial charge < -0.3 is 0 Å². The van der Waals surface area contributed by atoms with Crippen molar-refractivity contribution in [2.24, 2.45) is 0 Å². The van der Waals surface area contributed by atoms with Crippen LogP contribution in [0.3, 0.4) is 0 Å². The third kappa shape index (κ3) is 2.44. The smallest absolute Gasteiger partial charge is 0 e. The van der Waals surface area contributed by atoms with Gasteiger partial charge in [0, 0.05) is 32.7 Å². The molecule has 0 fully saturated rings. The van der Waals surface area contributed by atoms with Crippen LogP contribution in [0.4, 0.5) is 0 Å². The Morgan fingerprint density at radius 1 is 1.25 bits per heavy atom. The van der Waals surface area contributed by atoms with Crippen LogP contribution in [-0.2, 0) is 32.7 Å². The maximum absolute atomic E-state index is 3.81. The van der Waals surface area contributed by atoms with Crippen molar-refractivity contribution in [2.75, 3.05) is 0 Å². The second-order valence-corrected chi connectivity index (χ2v) is 1.36. The quantitative estimate of drug-likeness (QED) is 0.549. The summed E-state index contributed by atoms with van der Waals surface area (Å²) in [6.07, 6.45) is 3.45. The van der Waals surface area contributed by atoms with Gasteiger partial charge in [-0.05, 0) is 12.4 Å². The molecule has 1 heterocycles. The Bertz CT molecular complexity index is 138. The zero-order chi connectivity index (χ0) is 5.11. The minimum Gasteiger partial charge on any atom is -0.291 e. The molecule has 8 heavy (non-hydrogen) atoms. The fourth-order valence-electron chi connectivity index (χ4n) is 0.383. The zero-order valence-electron chi connectivity index (χ0n) is 4.54. The first-order valence-corrected chi connectivity index (χ1v) is 2.11. The van der Waals surface area contributed by atoms with Crippen LogP contribution in [0.15, 0.2) is 24.5 Å². The molecule has 1 radical (unpaired) electrons. The van der Waals surface area contributed by atoms with Gasteiger partial charge in [0.2, 0.25) is 0 Å². The van der Waals surface area contributed by atoms with Gasteiger partial charge in [0.25, 0.3) is 0 Å². The fourth-order valence-corrected chi connectivity index (χ4v) is 0.383.